The summed E-state index contributed by atoms with van der Waals surface area (Å²) in [6.45, 7) is 0.627. The van der Waals surface area contributed by atoms with Gasteiger partial charge in [0.1, 0.15) is 5.82 Å². The highest BCUT2D eigenvalue weighted by molar-refractivity contribution is 5.87. The van der Waals surface area contributed by atoms with Gasteiger partial charge >= 0.3 is 5.97 Å². The van der Waals surface area contributed by atoms with Crippen LogP contribution >= 0.6 is 0 Å². The number of carbonyl (C=O) groups is 1. The number of rotatable bonds is 4. The summed E-state index contributed by atoms with van der Waals surface area (Å²) in [5, 5.41) is 11.8. The van der Waals surface area contributed by atoms with Crippen molar-refractivity contribution in [2.45, 2.75) is 6.54 Å². The number of aromatic nitrogens is 2. The SMILES string of the molecule is O=C(O)c1ccc(NCc2ccncc2)nc1. The smallest absolute Gasteiger partial charge is 0.337 e. The lowest BCUT2D eigenvalue weighted by atomic mass is 10.2. The molecular weight excluding hydrogens is 218 g/mol. The minimum absolute atomic E-state index is 0.180. The van der Waals surface area contributed by atoms with Crippen molar-refractivity contribution in [1.29, 1.82) is 0 Å². The summed E-state index contributed by atoms with van der Waals surface area (Å²) < 4.78 is 0. The number of anilines is 1. The molecule has 86 valence electrons. The Balaban J connectivity index is 1.98. The first-order chi connectivity index (χ1) is 8.25. The lowest BCUT2D eigenvalue weighted by molar-refractivity contribution is 0.0696. The van der Waals surface area contributed by atoms with Gasteiger partial charge in [0.25, 0.3) is 0 Å². The second kappa shape index (κ2) is 5.07. The van der Waals surface area contributed by atoms with Crippen LogP contribution in [0.4, 0.5) is 5.82 Å². The van der Waals surface area contributed by atoms with E-state index in [2.05, 4.69) is 15.3 Å². The van der Waals surface area contributed by atoms with Gasteiger partial charge in [-0.05, 0) is 29.8 Å². The fraction of sp³-hybridized carbons (Fsp3) is 0.0833. The van der Waals surface area contributed by atoms with Gasteiger partial charge in [0.15, 0.2) is 0 Å². The van der Waals surface area contributed by atoms with Gasteiger partial charge < -0.3 is 10.4 Å². The minimum Gasteiger partial charge on any atom is -0.478 e. The number of aromatic carboxylic acids is 1. The molecule has 0 spiro atoms. The van der Waals surface area contributed by atoms with Crippen LogP contribution in [0.25, 0.3) is 0 Å². The van der Waals surface area contributed by atoms with Crippen molar-refractivity contribution in [1.82, 2.24) is 9.97 Å². The highest BCUT2D eigenvalue weighted by Crippen LogP contribution is 2.07. The summed E-state index contributed by atoms with van der Waals surface area (Å²) in [4.78, 5) is 18.6. The van der Waals surface area contributed by atoms with E-state index in [1.54, 1.807) is 18.5 Å². The van der Waals surface area contributed by atoms with Crippen molar-refractivity contribution < 1.29 is 9.90 Å². The Morgan fingerprint density at radius 2 is 2.00 bits per heavy atom. The predicted octanol–water partition coefficient (Wildman–Crippen LogP) is 1.79. The molecule has 2 aromatic rings. The molecule has 0 aromatic carbocycles. The average molecular weight is 229 g/mol. The maximum absolute atomic E-state index is 10.6. The van der Waals surface area contributed by atoms with E-state index in [-0.39, 0.29) is 5.56 Å². The first-order valence-electron chi connectivity index (χ1n) is 5.08. The molecule has 17 heavy (non-hydrogen) atoms. The zero-order chi connectivity index (χ0) is 12.1. The van der Waals surface area contributed by atoms with Crippen LogP contribution in [-0.4, -0.2) is 21.0 Å². The fourth-order valence-corrected chi connectivity index (χ4v) is 1.32. The zero-order valence-electron chi connectivity index (χ0n) is 9.00. The molecule has 2 rings (SSSR count). The molecule has 0 unspecified atom stereocenters. The molecule has 0 radical (unpaired) electrons. The quantitative estimate of drug-likeness (QED) is 0.835. The third kappa shape index (κ3) is 3.01. The van der Waals surface area contributed by atoms with Gasteiger partial charge in [-0.1, -0.05) is 0 Å². The monoisotopic (exact) mass is 229 g/mol. The van der Waals surface area contributed by atoms with Gasteiger partial charge in [-0.15, -0.1) is 0 Å². The molecule has 0 amide bonds. The van der Waals surface area contributed by atoms with Crippen LogP contribution in [-0.2, 0) is 6.54 Å². The van der Waals surface area contributed by atoms with E-state index in [1.165, 1.54) is 12.3 Å². The molecule has 5 heteroatoms. The summed E-state index contributed by atoms with van der Waals surface area (Å²) in [5.41, 5.74) is 1.27. The molecule has 0 atom stereocenters. The second-order valence-corrected chi connectivity index (χ2v) is 3.45. The Labute approximate surface area is 98.2 Å². The third-order valence-corrected chi connectivity index (χ3v) is 2.23. The van der Waals surface area contributed by atoms with Crippen molar-refractivity contribution in [3.63, 3.8) is 0 Å². The van der Waals surface area contributed by atoms with E-state index >= 15 is 0 Å². The minimum atomic E-state index is -0.974. The van der Waals surface area contributed by atoms with E-state index in [4.69, 9.17) is 5.11 Å². The molecule has 2 heterocycles. The molecule has 0 aliphatic carbocycles. The van der Waals surface area contributed by atoms with E-state index < -0.39 is 5.97 Å². The lowest BCUT2D eigenvalue weighted by Gasteiger charge is -2.05. The fourth-order valence-electron chi connectivity index (χ4n) is 1.32. The largest absolute Gasteiger partial charge is 0.478 e. The lowest BCUT2D eigenvalue weighted by Crippen LogP contribution is -2.03. The molecule has 0 aliphatic heterocycles. The molecular formula is C12H11N3O2. The van der Waals surface area contributed by atoms with E-state index in [9.17, 15) is 4.79 Å². The van der Waals surface area contributed by atoms with Crippen molar-refractivity contribution in [3.8, 4) is 0 Å². The number of hydrogen-bond acceptors (Lipinski definition) is 4. The number of nitrogens with zero attached hydrogens (tertiary/aromatic N) is 2. The first kappa shape index (κ1) is 11.1. The van der Waals surface area contributed by atoms with E-state index in [0.29, 0.717) is 12.4 Å². The number of hydrogen-bond donors (Lipinski definition) is 2. The second-order valence-electron chi connectivity index (χ2n) is 3.45. The Morgan fingerprint density at radius 3 is 2.59 bits per heavy atom. The van der Waals surface area contributed by atoms with Crippen LogP contribution in [0.3, 0.4) is 0 Å². The summed E-state index contributed by atoms with van der Waals surface area (Å²) in [5.74, 6) is -0.329. The molecule has 2 aromatic heterocycles. The Kier molecular flexibility index (Phi) is 3.30. The number of carboxylic acids is 1. The number of pyridine rings is 2. The Morgan fingerprint density at radius 1 is 1.24 bits per heavy atom. The molecule has 0 bridgehead atoms. The molecule has 2 N–H and O–H groups in total. The standard InChI is InChI=1S/C12H11N3O2/c16-12(17)10-1-2-11(15-8-10)14-7-9-3-5-13-6-4-9/h1-6,8H,7H2,(H,14,15)(H,16,17). The van der Waals surface area contributed by atoms with Crippen LogP contribution in [0.2, 0.25) is 0 Å². The first-order valence-corrected chi connectivity index (χ1v) is 5.08. The van der Waals surface area contributed by atoms with Gasteiger partial charge in [0, 0.05) is 25.1 Å². The molecule has 5 nitrogen and oxygen atoms in total. The number of carboxylic acid groups (broad SMARTS) is 1. The van der Waals surface area contributed by atoms with Crippen molar-refractivity contribution in [3.05, 3.63) is 54.0 Å². The third-order valence-electron chi connectivity index (χ3n) is 2.23. The Bertz CT molecular complexity index is 497. The molecule has 0 saturated heterocycles. The summed E-state index contributed by atoms with van der Waals surface area (Å²) in [6.07, 6.45) is 4.77. The van der Waals surface area contributed by atoms with Crippen LogP contribution in [0.1, 0.15) is 15.9 Å². The highest BCUT2D eigenvalue weighted by atomic mass is 16.4. The Hall–Kier alpha value is -2.43. The maximum atomic E-state index is 10.6. The van der Waals surface area contributed by atoms with Crippen LogP contribution in [0.15, 0.2) is 42.9 Å². The van der Waals surface area contributed by atoms with Crippen molar-refractivity contribution in [2.75, 3.05) is 5.32 Å². The number of nitrogens with one attached hydrogen (secondary N) is 1. The van der Waals surface area contributed by atoms with E-state index in [0.717, 1.165) is 5.56 Å². The maximum Gasteiger partial charge on any atom is 0.337 e. The van der Waals surface area contributed by atoms with Crippen LogP contribution in [0.5, 0.6) is 0 Å². The molecule has 0 fully saturated rings. The summed E-state index contributed by atoms with van der Waals surface area (Å²) in [6, 6.07) is 6.96. The topological polar surface area (TPSA) is 75.1 Å². The van der Waals surface area contributed by atoms with Crippen LogP contribution < -0.4 is 5.32 Å². The predicted molar refractivity (Wildman–Crippen MR) is 62.8 cm³/mol. The van der Waals surface area contributed by atoms with Crippen LogP contribution in [0, 0.1) is 0 Å². The van der Waals surface area contributed by atoms with Gasteiger partial charge in [-0.3, -0.25) is 4.98 Å². The van der Waals surface area contributed by atoms with Gasteiger partial charge in [0.2, 0.25) is 0 Å². The van der Waals surface area contributed by atoms with Gasteiger partial charge in [-0.25, -0.2) is 9.78 Å². The molecule has 0 aliphatic rings. The van der Waals surface area contributed by atoms with Crippen molar-refractivity contribution in [2.24, 2.45) is 0 Å². The highest BCUT2D eigenvalue weighted by Gasteiger charge is 2.02. The van der Waals surface area contributed by atoms with Gasteiger partial charge in [-0.2, -0.15) is 0 Å². The summed E-state index contributed by atoms with van der Waals surface area (Å²) >= 11 is 0. The molecule has 0 saturated carbocycles. The van der Waals surface area contributed by atoms with E-state index in [1.807, 2.05) is 12.1 Å². The van der Waals surface area contributed by atoms with Crippen molar-refractivity contribution >= 4 is 11.8 Å². The van der Waals surface area contributed by atoms with Gasteiger partial charge in [0.05, 0.1) is 5.56 Å². The zero-order valence-corrected chi connectivity index (χ0v) is 9.00. The average Bonchev–Trinajstić information content (AvgIpc) is 2.38. The normalized spacial score (nSPS) is 9.88. The summed E-state index contributed by atoms with van der Waals surface area (Å²) in [7, 11) is 0.